The molecule has 0 aliphatic heterocycles. The van der Waals surface area contributed by atoms with Crippen molar-refractivity contribution >= 4 is 5.91 Å². The molecule has 1 aromatic carbocycles. The number of likely N-dealkylation sites (N-methyl/N-ethyl adjacent to an activating group) is 1. The Morgan fingerprint density at radius 3 is 2.40 bits per heavy atom. The molecule has 1 rings (SSSR count). The normalized spacial score (nSPS) is 14.3. The molecule has 0 aliphatic carbocycles. The smallest absolute Gasteiger partial charge is 0.234 e. The lowest BCUT2D eigenvalue weighted by Crippen LogP contribution is -2.46. The predicted octanol–water partition coefficient (Wildman–Crippen LogP) is 1.43. The van der Waals surface area contributed by atoms with Crippen molar-refractivity contribution in [2.24, 2.45) is 0 Å². The van der Waals surface area contributed by atoms with Gasteiger partial charge >= 0.3 is 0 Å². The number of amides is 1. The van der Waals surface area contributed by atoms with E-state index in [1.165, 1.54) is 0 Å². The van der Waals surface area contributed by atoms with Crippen molar-refractivity contribution in [2.45, 2.75) is 45.4 Å². The van der Waals surface area contributed by atoms with E-state index in [0.29, 0.717) is 19.0 Å². The zero-order valence-electron chi connectivity index (χ0n) is 12.8. The summed E-state index contributed by atoms with van der Waals surface area (Å²) in [5, 5.41) is 13.0. The molecular formula is C16H26N2O2. The summed E-state index contributed by atoms with van der Waals surface area (Å²) in [6, 6.07) is 9.86. The molecule has 0 fully saturated rings. The maximum Gasteiger partial charge on any atom is 0.234 e. The van der Waals surface area contributed by atoms with Gasteiger partial charge in [-0.2, -0.15) is 0 Å². The van der Waals surface area contributed by atoms with Crippen LogP contribution in [0.5, 0.6) is 0 Å². The molecule has 0 spiro atoms. The monoisotopic (exact) mass is 278 g/mol. The van der Waals surface area contributed by atoms with Crippen molar-refractivity contribution in [3.8, 4) is 0 Å². The van der Waals surface area contributed by atoms with Crippen molar-refractivity contribution < 1.29 is 9.90 Å². The van der Waals surface area contributed by atoms with Crippen LogP contribution in [0.1, 0.15) is 26.3 Å². The fourth-order valence-electron chi connectivity index (χ4n) is 1.84. The average Bonchev–Trinajstić information content (AvgIpc) is 2.39. The SMILES string of the molecule is CC(NC(=O)CN(C)C(C)C)C(O)Cc1ccccc1. The van der Waals surface area contributed by atoms with Crippen LogP contribution in [-0.4, -0.2) is 47.7 Å². The van der Waals surface area contributed by atoms with Gasteiger partial charge in [-0.05, 0) is 33.4 Å². The first-order chi connectivity index (χ1) is 9.40. The summed E-state index contributed by atoms with van der Waals surface area (Å²) in [6.07, 6.45) is -0.0341. The Bertz CT molecular complexity index is 406. The van der Waals surface area contributed by atoms with Gasteiger partial charge in [0.15, 0.2) is 0 Å². The minimum atomic E-state index is -0.578. The molecule has 2 atom stereocenters. The van der Waals surface area contributed by atoms with E-state index in [9.17, 15) is 9.90 Å². The largest absolute Gasteiger partial charge is 0.391 e. The number of carbonyl (C=O) groups excluding carboxylic acids is 1. The molecule has 0 aliphatic rings. The van der Waals surface area contributed by atoms with Crippen LogP contribution in [0, 0.1) is 0 Å². The molecule has 112 valence electrons. The minimum Gasteiger partial charge on any atom is -0.391 e. The predicted molar refractivity (Wildman–Crippen MR) is 81.5 cm³/mol. The average molecular weight is 278 g/mol. The van der Waals surface area contributed by atoms with Crippen molar-refractivity contribution in [2.75, 3.05) is 13.6 Å². The summed E-state index contributed by atoms with van der Waals surface area (Å²) in [4.78, 5) is 13.8. The second kappa shape index (κ2) is 8.02. The molecule has 2 N–H and O–H groups in total. The molecule has 0 saturated heterocycles. The summed E-state index contributed by atoms with van der Waals surface area (Å²) in [5.74, 6) is -0.0548. The first-order valence-corrected chi connectivity index (χ1v) is 7.11. The fourth-order valence-corrected chi connectivity index (χ4v) is 1.84. The van der Waals surface area contributed by atoms with Crippen molar-refractivity contribution in [3.05, 3.63) is 35.9 Å². The summed E-state index contributed by atoms with van der Waals surface area (Å²) >= 11 is 0. The fraction of sp³-hybridized carbons (Fsp3) is 0.562. The second-order valence-corrected chi connectivity index (χ2v) is 5.62. The number of hydrogen-bond donors (Lipinski definition) is 2. The Labute approximate surface area is 121 Å². The van der Waals surface area contributed by atoms with E-state index in [1.54, 1.807) is 0 Å². The van der Waals surface area contributed by atoms with Crippen molar-refractivity contribution in [3.63, 3.8) is 0 Å². The van der Waals surface area contributed by atoms with Crippen LogP contribution >= 0.6 is 0 Å². The molecule has 0 saturated carbocycles. The van der Waals surface area contributed by atoms with E-state index in [0.717, 1.165) is 5.56 Å². The van der Waals surface area contributed by atoms with Gasteiger partial charge < -0.3 is 10.4 Å². The van der Waals surface area contributed by atoms with E-state index in [4.69, 9.17) is 0 Å². The van der Waals surface area contributed by atoms with Crippen LogP contribution in [0.15, 0.2) is 30.3 Å². The maximum atomic E-state index is 11.9. The Balaban J connectivity index is 2.41. The number of nitrogens with zero attached hydrogens (tertiary/aromatic N) is 1. The molecule has 0 aromatic heterocycles. The van der Waals surface area contributed by atoms with Gasteiger partial charge in [-0.3, -0.25) is 9.69 Å². The topological polar surface area (TPSA) is 52.6 Å². The highest BCUT2D eigenvalue weighted by molar-refractivity contribution is 5.78. The summed E-state index contributed by atoms with van der Waals surface area (Å²) in [6.45, 7) is 6.27. The highest BCUT2D eigenvalue weighted by atomic mass is 16.3. The lowest BCUT2D eigenvalue weighted by Gasteiger charge is -2.24. The number of aliphatic hydroxyl groups excluding tert-OH is 1. The van der Waals surface area contributed by atoms with E-state index >= 15 is 0 Å². The highest BCUT2D eigenvalue weighted by Crippen LogP contribution is 2.06. The molecule has 4 nitrogen and oxygen atoms in total. The van der Waals surface area contributed by atoms with Crippen molar-refractivity contribution in [1.82, 2.24) is 10.2 Å². The number of rotatable bonds is 7. The number of nitrogens with one attached hydrogen (secondary N) is 1. The molecule has 1 aromatic rings. The van der Waals surface area contributed by atoms with Crippen LogP contribution in [0.25, 0.3) is 0 Å². The number of aliphatic hydroxyl groups is 1. The molecule has 2 unspecified atom stereocenters. The van der Waals surface area contributed by atoms with Gasteiger partial charge in [-0.15, -0.1) is 0 Å². The third-order valence-electron chi connectivity index (χ3n) is 3.53. The Hall–Kier alpha value is -1.39. The number of hydrogen-bond acceptors (Lipinski definition) is 3. The number of benzene rings is 1. The first-order valence-electron chi connectivity index (χ1n) is 7.11. The molecule has 20 heavy (non-hydrogen) atoms. The second-order valence-electron chi connectivity index (χ2n) is 5.62. The zero-order valence-corrected chi connectivity index (χ0v) is 12.8. The maximum absolute atomic E-state index is 11.9. The third-order valence-corrected chi connectivity index (χ3v) is 3.53. The Kier molecular flexibility index (Phi) is 6.68. The standard InChI is InChI=1S/C16H26N2O2/c1-12(2)18(4)11-16(20)17-13(3)15(19)10-14-8-6-5-7-9-14/h5-9,12-13,15,19H,10-11H2,1-4H3,(H,17,20). The van der Waals surface area contributed by atoms with Gasteiger partial charge in [0.1, 0.15) is 0 Å². The summed E-state index contributed by atoms with van der Waals surface area (Å²) in [5.41, 5.74) is 1.07. The van der Waals surface area contributed by atoms with Crippen molar-refractivity contribution in [1.29, 1.82) is 0 Å². The van der Waals surface area contributed by atoms with Gasteiger partial charge in [0.2, 0.25) is 5.91 Å². The Morgan fingerprint density at radius 1 is 1.25 bits per heavy atom. The molecular weight excluding hydrogens is 252 g/mol. The van der Waals surface area contributed by atoms with Gasteiger partial charge in [-0.1, -0.05) is 30.3 Å². The van der Waals surface area contributed by atoms with Gasteiger partial charge in [0, 0.05) is 12.5 Å². The summed E-state index contributed by atoms with van der Waals surface area (Å²) in [7, 11) is 1.91. The molecule has 0 heterocycles. The van der Waals surface area contributed by atoms with Crippen LogP contribution in [-0.2, 0) is 11.2 Å². The van der Waals surface area contributed by atoms with Gasteiger partial charge in [-0.25, -0.2) is 0 Å². The number of carbonyl (C=O) groups is 1. The van der Waals surface area contributed by atoms with Crippen LogP contribution in [0.4, 0.5) is 0 Å². The molecule has 0 radical (unpaired) electrons. The van der Waals surface area contributed by atoms with E-state index < -0.39 is 6.10 Å². The van der Waals surface area contributed by atoms with E-state index in [-0.39, 0.29) is 11.9 Å². The van der Waals surface area contributed by atoms with E-state index in [1.807, 2.05) is 63.1 Å². The molecule has 4 heteroatoms. The van der Waals surface area contributed by atoms with E-state index in [2.05, 4.69) is 5.32 Å². The van der Waals surface area contributed by atoms with Crippen LogP contribution in [0.2, 0.25) is 0 Å². The zero-order chi connectivity index (χ0) is 15.1. The van der Waals surface area contributed by atoms with Gasteiger partial charge in [0.05, 0.1) is 18.7 Å². The highest BCUT2D eigenvalue weighted by Gasteiger charge is 2.18. The minimum absolute atomic E-state index is 0.0548. The Morgan fingerprint density at radius 2 is 1.85 bits per heavy atom. The van der Waals surface area contributed by atoms with Gasteiger partial charge in [0.25, 0.3) is 0 Å². The van der Waals surface area contributed by atoms with Crippen LogP contribution < -0.4 is 5.32 Å². The van der Waals surface area contributed by atoms with Crippen LogP contribution in [0.3, 0.4) is 0 Å². The quantitative estimate of drug-likeness (QED) is 0.793. The first kappa shape index (κ1) is 16.7. The molecule has 1 amide bonds. The third kappa shape index (κ3) is 5.72. The summed E-state index contributed by atoms with van der Waals surface area (Å²) < 4.78 is 0. The lowest BCUT2D eigenvalue weighted by molar-refractivity contribution is -0.123. The molecule has 0 bridgehead atoms. The lowest BCUT2D eigenvalue weighted by atomic mass is 10.0.